The summed E-state index contributed by atoms with van der Waals surface area (Å²) in [6.07, 6.45) is 0.0465. The first-order valence-corrected chi connectivity index (χ1v) is 8.34. The first-order valence-electron chi connectivity index (χ1n) is 8.34. The van der Waals surface area contributed by atoms with Gasteiger partial charge in [0.05, 0.1) is 11.6 Å². The van der Waals surface area contributed by atoms with Crippen molar-refractivity contribution in [3.8, 4) is 6.07 Å². The molecule has 0 saturated carbocycles. The van der Waals surface area contributed by atoms with E-state index >= 15 is 0 Å². The smallest absolute Gasteiger partial charge is 0.326 e. The van der Waals surface area contributed by atoms with Crippen LogP contribution in [-0.4, -0.2) is 23.0 Å². The van der Waals surface area contributed by atoms with E-state index in [1.807, 2.05) is 18.2 Å². The molecule has 5 heteroatoms. The molecule has 0 radical (unpaired) electrons. The van der Waals surface area contributed by atoms with Crippen molar-refractivity contribution in [3.05, 3.63) is 70.8 Å². The number of carboxylic acid groups (broad SMARTS) is 1. The molecular weight excluding hydrogens is 328 g/mol. The monoisotopic (exact) mass is 350 g/mol. The molecule has 26 heavy (non-hydrogen) atoms. The maximum absolute atomic E-state index is 12.4. The van der Waals surface area contributed by atoms with E-state index in [1.54, 1.807) is 36.4 Å². The summed E-state index contributed by atoms with van der Waals surface area (Å²) in [6.45, 7) is 6.24. The van der Waals surface area contributed by atoms with Gasteiger partial charge < -0.3 is 10.4 Å². The van der Waals surface area contributed by atoms with Gasteiger partial charge in [0.2, 0.25) is 0 Å². The number of carbonyl (C=O) groups is 2. The Labute approximate surface area is 153 Å². The second kappa shape index (κ2) is 7.83. The largest absolute Gasteiger partial charge is 0.480 e. The number of aliphatic carboxylic acids is 1. The molecule has 5 nitrogen and oxygen atoms in total. The summed E-state index contributed by atoms with van der Waals surface area (Å²) in [4.78, 5) is 24.0. The third-order valence-electron chi connectivity index (χ3n) is 4.18. The molecule has 0 unspecified atom stereocenters. The highest BCUT2D eigenvalue weighted by Crippen LogP contribution is 2.22. The molecule has 0 aromatic heterocycles. The van der Waals surface area contributed by atoms with E-state index in [0.29, 0.717) is 16.7 Å². The van der Waals surface area contributed by atoms with Crippen LogP contribution < -0.4 is 5.32 Å². The third-order valence-corrected chi connectivity index (χ3v) is 4.18. The number of amides is 1. The summed E-state index contributed by atoms with van der Waals surface area (Å²) in [5.41, 5.74) is 2.46. The third kappa shape index (κ3) is 4.70. The molecule has 2 aromatic carbocycles. The molecule has 0 fully saturated rings. The quantitative estimate of drug-likeness (QED) is 0.866. The van der Waals surface area contributed by atoms with Gasteiger partial charge in [0.15, 0.2) is 0 Å². The van der Waals surface area contributed by atoms with Crippen molar-refractivity contribution in [2.24, 2.45) is 0 Å². The van der Waals surface area contributed by atoms with Crippen molar-refractivity contribution in [3.63, 3.8) is 0 Å². The van der Waals surface area contributed by atoms with E-state index in [9.17, 15) is 14.7 Å². The van der Waals surface area contributed by atoms with E-state index in [4.69, 9.17) is 5.26 Å². The Bertz CT molecular complexity index is 843. The van der Waals surface area contributed by atoms with Gasteiger partial charge in [-0.15, -0.1) is 0 Å². The lowest BCUT2D eigenvalue weighted by Gasteiger charge is -2.19. The van der Waals surface area contributed by atoms with Crippen molar-refractivity contribution in [1.29, 1.82) is 5.26 Å². The van der Waals surface area contributed by atoms with Gasteiger partial charge in [0.25, 0.3) is 5.91 Å². The molecule has 0 bridgehead atoms. The molecular formula is C21H22N2O3. The summed E-state index contributed by atoms with van der Waals surface area (Å²) in [5.74, 6) is -1.59. The Kier molecular flexibility index (Phi) is 5.78. The molecule has 0 saturated heterocycles. The average molecular weight is 350 g/mol. The van der Waals surface area contributed by atoms with Crippen LogP contribution >= 0.6 is 0 Å². The SMILES string of the molecule is CC(C)(C)c1ccc(C(=O)N[C@@H](Cc2ccccc2C#N)C(=O)O)cc1. The minimum Gasteiger partial charge on any atom is -0.480 e. The number of benzene rings is 2. The predicted octanol–water partition coefficient (Wildman–Crippen LogP) is 3.28. The summed E-state index contributed by atoms with van der Waals surface area (Å²) < 4.78 is 0. The molecule has 2 aromatic rings. The van der Waals surface area contributed by atoms with Gasteiger partial charge in [-0.25, -0.2) is 4.79 Å². The average Bonchev–Trinajstić information content (AvgIpc) is 2.60. The molecule has 2 N–H and O–H groups in total. The number of rotatable bonds is 5. The van der Waals surface area contributed by atoms with Crippen LogP contribution in [0.25, 0.3) is 0 Å². The number of carbonyl (C=O) groups excluding carboxylic acids is 1. The Balaban J connectivity index is 2.16. The summed E-state index contributed by atoms with van der Waals surface area (Å²) >= 11 is 0. The zero-order chi connectivity index (χ0) is 19.3. The second-order valence-corrected chi connectivity index (χ2v) is 7.16. The zero-order valence-corrected chi connectivity index (χ0v) is 15.1. The number of hydrogen-bond donors (Lipinski definition) is 2. The van der Waals surface area contributed by atoms with Crippen LogP contribution in [-0.2, 0) is 16.6 Å². The molecule has 1 amide bonds. The van der Waals surface area contributed by atoms with E-state index in [0.717, 1.165) is 5.56 Å². The van der Waals surface area contributed by atoms with Gasteiger partial charge in [-0.3, -0.25) is 4.79 Å². The lowest BCUT2D eigenvalue weighted by Crippen LogP contribution is -2.42. The Morgan fingerprint density at radius 1 is 1.12 bits per heavy atom. The maximum Gasteiger partial charge on any atom is 0.326 e. The second-order valence-electron chi connectivity index (χ2n) is 7.16. The number of hydrogen-bond acceptors (Lipinski definition) is 3. The number of nitrogens with one attached hydrogen (secondary N) is 1. The molecule has 0 spiro atoms. The van der Waals surface area contributed by atoms with Crippen LogP contribution in [0.15, 0.2) is 48.5 Å². The minimum atomic E-state index is -1.14. The number of nitriles is 1. The number of carboxylic acids is 1. The number of nitrogens with zero attached hydrogens (tertiary/aromatic N) is 1. The van der Waals surface area contributed by atoms with Gasteiger partial charge in [-0.05, 0) is 34.7 Å². The van der Waals surface area contributed by atoms with Crippen molar-refractivity contribution in [1.82, 2.24) is 5.32 Å². The van der Waals surface area contributed by atoms with E-state index < -0.39 is 17.9 Å². The zero-order valence-electron chi connectivity index (χ0n) is 15.1. The fourth-order valence-electron chi connectivity index (χ4n) is 2.59. The van der Waals surface area contributed by atoms with Crippen LogP contribution in [0.1, 0.15) is 47.8 Å². The fourth-order valence-corrected chi connectivity index (χ4v) is 2.59. The summed E-state index contributed by atoms with van der Waals surface area (Å²) in [7, 11) is 0. The highest BCUT2D eigenvalue weighted by atomic mass is 16.4. The highest BCUT2D eigenvalue weighted by molar-refractivity contribution is 5.96. The Hall–Kier alpha value is -3.13. The molecule has 0 aliphatic heterocycles. The minimum absolute atomic E-state index is 0.0282. The first kappa shape index (κ1) is 19.2. The molecule has 2 rings (SSSR count). The van der Waals surface area contributed by atoms with Crippen LogP contribution in [0.4, 0.5) is 0 Å². The van der Waals surface area contributed by atoms with Crippen molar-refractivity contribution >= 4 is 11.9 Å². The molecule has 1 atom stereocenters. The highest BCUT2D eigenvalue weighted by Gasteiger charge is 2.22. The first-order chi connectivity index (χ1) is 12.2. The van der Waals surface area contributed by atoms with Crippen LogP contribution in [0, 0.1) is 11.3 Å². The predicted molar refractivity (Wildman–Crippen MR) is 98.9 cm³/mol. The topological polar surface area (TPSA) is 90.2 Å². The van der Waals surface area contributed by atoms with Gasteiger partial charge in [-0.2, -0.15) is 5.26 Å². The van der Waals surface area contributed by atoms with E-state index in [2.05, 4.69) is 26.1 Å². The van der Waals surface area contributed by atoms with E-state index in [1.165, 1.54) is 0 Å². The van der Waals surface area contributed by atoms with Gasteiger partial charge in [0, 0.05) is 12.0 Å². The lowest BCUT2D eigenvalue weighted by molar-refractivity contribution is -0.139. The van der Waals surface area contributed by atoms with Crippen LogP contribution in [0.3, 0.4) is 0 Å². The lowest BCUT2D eigenvalue weighted by atomic mass is 9.86. The summed E-state index contributed by atoms with van der Waals surface area (Å²) in [5, 5.41) is 21.1. The van der Waals surface area contributed by atoms with Gasteiger partial charge >= 0.3 is 5.97 Å². The summed E-state index contributed by atoms with van der Waals surface area (Å²) in [6, 6.07) is 14.8. The van der Waals surface area contributed by atoms with Crippen LogP contribution in [0.2, 0.25) is 0 Å². The van der Waals surface area contributed by atoms with Crippen LogP contribution in [0.5, 0.6) is 0 Å². The normalized spacial score (nSPS) is 12.1. The Morgan fingerprint density at radius 3 is 2.27 bits per heavy atom. The van der Waals surface area contributed by atoms with Gasteiger partial charge in [0.1, 0.15) is 6.04 Å². The van der Waals surface area contributed by atoms with Crippen molar-refractivity contribution < 1.29 is 14.7 Å². The standard InChI is InChI=1S/C21H22N2O3/c1-21(2,3)17-10-8-14(9-11-17)19(24)23-18(20(25)26)12-15-6-4-5-7-16(15)13-22/h4-11,18H,12H2,1-3H3,(H,23,24)(H,25,26)/t18-/m0/s1. The Morgan fingerprint density at radius 2 is 1.73 bits per heavy atom. The molecule has 0 heterocycles. The maximum atomic E-state index is 12.4. The van der Waals surface area contributed by atoms with Gasteiger partial charge in [-0.1, -0.05) is 51.1 Å². The fraction of sp³-hybridized carbons (Fsp3) is 0.286. The molecule has 134 valence electrons. The van der Waals surface area contributed by atoms with Crippen molar-refractivity contribution in [2.75, 3.05) is 0 Å². The molecule has 0 aliphatic rings. The molecule has 0 aliphatic carbocycles. The van der Waals surface area contributed by atoms with E-state index in [-0.39, 0.29) is 11.8 Å². The van der Waals surface area contributed by atoms with Crippen molar-refractivity contribution in [2.45, 2.75) is 38.6 Å².